The molecule has 0 aliphatic heterocycles. The second kappa shape index (κ2) is 5.88. The fourth-order valence-corrected chi connectivity index (χ4v) is 1.90. The van der Waals surface area contributed by atoms with E-state index in [2.05, 4.69) is 11.4 Å². The second-order valence-electron chi connectivity index (χ2n) is 3.56. The van der Waals surface area contributed by atoms with Gasteiger partial charge in [0.05, 0.1) is 13.0 Å². The summed E-state index contributed by atoms with van der Waals surface area (Å²) in [7, 11) is 1.42. The van der Waals surface area contributed by atoms with E-state index < -0.39 is 0 Å². The summed E-state index contributed by atoms with van der Waals surface area (Å²) in [5.74, 6) is -0.281. The van der Waals surface area contributed by atoms with E-state index in [4.69, 9.17) is 4.74 Å². The molecule has 84 valence electrons. The molecule has 0 aliphatic carbocycles. The van der Waals surface area contributed by atoms with Crippen LogP contribution in [0.1, 0.15) is 18.7 Å². The number of esters is 1. The summed E-state index contributed by atoms with van der Waals surface area (Å²) in [5.41, 5.74) is 0. The molecule has 0 aliphatic rings. The van der Waals surface area contributed by atoms with Crippen LogP contribution in [0.5, 0.6) is 0 Å². The molecule has 1 rings (SSSR count). The standard InChI is InChI=1S/C11H17NO2S/c1-8(11(13)14-3)9(2)12-7-10-5-4-6-15-10/h4-6,8-9,12H,7H2,1-3H3. The van der Waals surface area contributed by atoms with E-state index in [1.54, 1.807) is 11.3 Å². The second-order valence-corrected chi connectivity index (χ2v) is 4.59. The van der Waals surface area contributed by atoms with Crippen molar-refractivity contribution in [3.05, 3.63) is 22.4 Å². The summed E-state index contributed by atoms with van der Waals surface area (Å²) < 4.78 is 4.69. The van der Waals surface area contributed by atoms with Crippen molar-refractivity contribution in [3.63, 3.8) is 0 Å². The van der Waals surface area contributed by atoms with Crippen molar-refractivity contribution in [2.24, 2.45) is 5.92 Å². The summed E-state index contributed by atoms with van der Waals surface area (Å²) in [4.78, 5) is 12.5. The Morgan fingerprint density at radius 3 is 2.87 bits per heavy atom. The highest BCUT2D eigenvalue weighted by molar-refractivity contribution is 7.09. The Morgan fingerprint density at radius 1 is 1.60 bits per heavy atom. The van der Waals surface area contributed by atoms with E-state index in [0.29, 0.717) is 0 Å². The Hall–Kier alpha value is -0.870. The molecule has 0 saturated heterocycles. The van der Waals surface area contributed by atoms with Gasteiger partial charge in [0.2, 0.25) is 0 Å². The first-order valence-electron chi connectivity index (χ1n) is 4.98. The average molecular weight is 227 g/mol. The molecule has 2 atom stereocenters. The molecule has 4 heteroatoms. The van der Waals surface area contributed by atoms with Gasteiger partial charge in [0.25, 0.3) is 0 Å². The first-order chi connectivity index (χ1) is 7.15. The quantitative estimate of drug-likeness (QED) is 0.782. The van der Waals surface area contributed by atoms with Crippen LogP contribution in [0.2, 0.25) is 0 Å². The number of nitrogens with one attached hydrogen (secondary N) is 1. The van der Waals surface area contributed by atoms with Gasteiger partial charge in [-0.1, -0.05) is 13.0 Å². The van der Waals surface area contributed by atoms with Crippen LogP contribution in [0.3, 0.4) is 0 Å². The lowest BCUT2D eigenvalue weighted by molar-refractivity contribution is -0.145. The highest BCUT2D eigenvalue weighted by Gasteiger charge is 2.20. The van der Waals surface area contributed by atoms with Crippen LogP contribution < -0.4 is 5.32 Å². The normalized spacial score (nSPS) is 14.6. The molecular weight excluding hydrogens is 210 g/mol. The van der Waals surface area contributed by atoms with E-state index in [1.165, 1.54) is 12.0 Å². The van der Waals surface area contributed by atoms with E-state index in [0.717, 1.165) is 6.54 Å². The van der Waals surface area contributed by atoms with E-state index in [1.807, 2.05) is 25.3 Å². The molecule has 0 saturated carbocycles. The van der Waals surface area contributed by atoms with Crippen molar-refractivity contribution in [1.82, 2.24) is 5.32 Å². The molecule has 1 heterocycles. The minimum atomic E-state index is -0.166. The van der Waals surface area contributed by atoms with E-state index >= 15 is 0 Å². The third kappa shape index (κ3) is 3.64. The predicted octanol–water partition coefficient (Wildman–Crippen LogP) is 2.04. The molecule has 0 aromatic carbocycles. The maximum atomic E-state index is 11.3. The van der Waals surface area contributed by atoms with Gasteiger partial charge in [-0.3, -0.25) is 4.79 Å². The Balaban J connectivity index is 2.35. The summed E-state index contributed by atoms with van der Waals surface area (Å²) in [6.07, 6.45) is 0. The summed E-state index contributed by atoms with van der Waals surface area (Å²) >= 11 is 1.71. The van der Waals surface area contributed by atoms with Crippen molar-refractivity contribution in [1.29, 1.82) is 0 Å². The van der Waals surface area contributed by atoms with Gasteiger partial charge in [0.1, 0.15) is 0 Å². The Bertz CT molecular complexity index is 298. The number of hydrogen-bond donors (Lipinski definition) is 1. The summed E-state index contributed by atoms with van der Waals surface area (Å²) in [6, 6.07) is 4.23. The fourth-order valence-electron chi connectivity index (χ4n) is 1.24. The molecular formula is C11H17NO2S. The number of ether oxygens (including phenoxy) is 1. The zero-order chi connectivity index (χ0) is 11.3. The van der Waals surface area contributed by atoms with Crippen LogP contribution in [-0.2, 0) is 16.1 Å². The van der Waals surface area contributed by atoms with E-state index in [9.17, 15) is 4.79 Å². The summed E-state index contributed by atoms with van der Waals surface area (Å²) in [6.45, 7) is 4.67. The van der Waals surface area contributed by atoms with E-state index in [-0.39, 0.29) is 17.9 Å². The van der Waals surface area contributed by atoms with Gasteiger partial charge in [-0.05, 0) is 18.4 Å². The predicted molar refractivity (Wildman–Crippen MR) is 61.8 cm³/mol. The maximum absolute atomic E-state index is 11.3. The van der Waals surface area contributed by atoms with Crippen molar-refractivity contribution in [2.75, 3.05) is 7.11 Å². The lowest BCUT2D eigenvalue weighted by Gasteiger charge is -2.18. The van der Waals surface area contributed by atoms with Crippen LogP contribution in [0.4, 0.5) is 0 Å². The highest BCUT2D eigenvalue weighted by Crippen LogP contribution is 2.10. The maximum Gasteiger partial charge on any atom is 0.309 e. The van der Waals surface area contributed by atoms with Gasteiger partial charge >= 0.3 is 5.97 Å². The molecule has 0 spiro atoms. The molecule has 0 amide bonds. The Labute approximate surface area is 94.5 Å². The first kappa shape index (κ1) is 12.2. The molecule has 15 heavy (non-hydrogen) atoms. The molecule has 1 aromatic rings. The molecule has 1 N–H and O–H groups in total. The third-order valence-corrected chi connectivity index (χ3v) is 3.38. The largest absolute Gasteiger partial charge is 0.469 e. The van der Waals surface area contributed by atoms with Crippen molar-refractivity contribution >= 4 is 17.3 Å². The number of rotatable bonds is 5. The number of thiophene rings is 1. The van der Waals surface area contributed by atoms with Crippen LogP contribution in [0.25, 0.3) is 0 Å². The zero-order valence-electron chi connectivity index (χ0n) is 9.32. The summed E-state index contributed by atoms with van der Waals surface area (Å²) in [5, 5.41) is 5.36. The minimum absolute atomic E-state index is 0.116. The molecule has 0 radical (unpaired) electrons. The zero-order valence-corrected chi connectivity index (χ0v) is 10.1. The minimum Gasteiger partial charge on any atom is -0.469 e. The fraction of sp³-hybridized carbons (Fsp3) is 0.545. The Kier molecular flexibility index (Phi) is 4.78. The highest BCUT2D eigenvalue weighted by atomic mass is 32.1. The number of carbonyl (C=O) groups is 1. The van der Waals surface area contributed by atoms with Gasteiger partial charge < -0.3 is 10.1 Å². The number of carbonyl (C=O) groups excluding carboxylic acids is 1. The van der Waals surface area contributed by atoms with Gasteiger partial charge in [0, 0.05) is 17.5 Å². The SMILES string of the molecule is COC(=O)C(C)C(C)NCc1cccs1. The number of methoxy groups -OCH3 is 1. The van der Waals surface area contributed by atoms with Gasteiger partial charge in [-0.25, -0.2) is 0 Å². The molecule has 1 aromatic heterocycles. The third-order valence-electron chi connectivity index (χ3n) is 2.50. The van der Waals surface area contributed by atoms with Crippen LogP contribution in [-0.4, -0.2) is 19.1 Å². The van der Waals surface area contributed by atoms with Gasteiger partial charge in [0.15, 0.2) is 0 Å². The Morgan fingerprint density at radius 2 is 2.33 bits per heavy atom. The molecule has 2 unspecified atom stereocenters. The van der Waals surface area contributed by atoms with Crippen molar-refractivity contribution in [2.45, 2.75) is 26.4 Å². The number of hydrogen-bond acceptors (Lipinski definition) is 4. The van der Waals surface area contributed by atoms with Crippen LogP contribution in [0.15, 0.2) is 17.5 Å². The topological polar surface area (TPSA) is 38.3 Å². The van der Waals surface area contributed by atoms with Crippen LogP contribution in [0, 0.1) is 5.92 Å². The average Bonchev–Trinajstić information content (AvgIpc) is 2.76. The first-order valence-corrected chi connectivity index (χ1v) is 5.86. The van der Waals surface area contributed by atoms with Crippen molar-refractivity contribution < 1.29 is 9.53 Å². The van der Waals surface area contributed by atoms with Gasteiger partial charge in [-0.2, -0.15) is 0 Å². The van der Waals surface area contributed by atoms with Crippen molar-refractivity contribution in [3.8, 4) is 0 Å². The smallest absolute Gasteiger partial charge is 0.309 e. The lowest BCUT2D eigenvalue weighted by atomic mass is 10.0. The monoisotopic (exact) mass is 227 g/mol. The van der Waals surface area contributed by atoms with Gasteiger partial charge in [-0.15, -0.1) is 11.3 Å². The molecule has 3 nitrogen and oxygen atoms in total. The molecule has 0 bridgehead atoms. The molecule has 0 fully saturated rings. The lowest BCUT2D eigenvalue weighted by Crippen LogP contribution is -2.36. The van der Waals surface area contributed by atoms with Crippen LogP contribution >= 0.6 is 11.3 Å².